The molecule has 6 heteroatoms. The van der Waals surface area contributed by atoms with Gasteiger partial charge in [0.05, 0.1) is 6.61 Å². The monoisotopic (exact) mass is 311 g/mol. The Hall–Kier alpha value is -0.980. The topological polar surface area (TPSA) is 37.3 Å². The number of nitrogens with zero attached hydrogens (tertiary/aromatic N) is 3. The normalized spacial score (nSPS) is 25.7. The Kier molecular flexibility index (Phi) is 5.72. The van der Waals surface area contributed by atoms with E-state index in [2.05, 4.69) is 25.4 Å². The molecule has 2 atom stereocenters. The molecule has 0 aromatic carbocycles. The third-order valence-corrected chi connectivity index (χ3v) is 4.23. The van der Waals surface area contributed by atoms with Gasteiger partial charge in [0.15, 0.2) is 0 Å². The molecule has 118 valence electrons. The van der Waals surface area contributed by atoms with E-state index in [0.717, 1.165) is 24.0 Å². The van der Waals surface area contributed by atoms with Gasteiger partial charge < -0.3 is 19.3 Å². The van der Waals surface area contributed by atoms with E-state index in [1.807, 2.05) is 36.2 Å². The highest BCUT2D eigenvalue weighted by Gasteiger charge is 2.31. The summed E-state index contributed by atoms with van der Waals surface area (Å²) in [5.41, 5.74) is 0.0918. The molecular formula is C15H25N3O2S. The molecule has 2 rings (SSSR count). The van der Waals surface area contributed by atoms with Gasteiger partial charge in [-0.3, -0.25) is 0 Å². The van der Waals surface area contributed by atoms with Crippen molar-refractivity contribution < 1.29 is 9.47 Å². The van der Waals surface area contributed by atoms with Crippen molar-refractivity contribution in [2.24, 2.45) is 10.9 Å². The van der Waals surface area contributed by atoms with Gasteiger partial charge in [-0.05, 0) is 12.0 Å². The van der Waals surface area contributed by atoms with Crippen molar-refractivity contribution in [3.63, 3.8) is 0 Å². The van der Waals surface area contributed by atoms with Crippen LogP contribution < -0.4 is 0 Å². The van der Waals surface area contributed by atoms with E-state index >= 15 is 0 Å². The third kappa shape index (κ3) is 4.49. The average molecular weight is 311 g/mol. The van der Waals surface area contributed by atoms with Gasteiger partial charge in [-0.25, -0.2) is 4.99 Å². The van der Waals surface area contributed by atoms with Crippen LogP contribution in [0.3, 0.4) is 0 Å². The molecule has 2 aliphatic heterocycles. The number of ether oxygens (including phenoxy) is 2. The van der Waals surface area contributed by atoms with Crippen molar-refractivity contribution in [3.05, 3.63) is 24.7 Å². The molecule has 0 saturated carbocycles. The first-order valence-corrected chi connectivity index (χ1v) is 8.28. The van der Waals surface area contributed by atoms with E-state index in [0.29, 0.717) is 12.5 Å². The first-order valence-electron chi connectivity index (χ1n) is 7.23. The summed E-state index contributed by atoms with van der Waals surface area (Å²) in [6.07, 6.45) is 3.96. The molecule has 0 N–H and O–H groups in total. The lowest BCUT2D eigenvalue weighted by Gasteiger charge is -2.30. The molecule has 0 amide bonds. The van der Waals surface area contributed by atoms with Crippen molar-refractivity contribution in [2.75, 3.05) is 33.1 Å². The number of rotatable bonds is 5. The Bertz CT molecular complexity index is 435. The zero-order chi connectivity index (χ0) is 15.4. The van der Waals surface area contributed by atoms with E-state index in [1.54, 1.807) is 11.8 Å². The highest BCUT2D eigenvalue weighted by molar-refractivity contribution is 8.00. The summed E-state index contributed by atoms with van der Waals surface area (Å²) in [4.78, 5) is 8.44. The largest absolute Gasteiger partial charge is 0.378 e. The van der Waals surface area contributed by atoms with E-state index in [-0.39, 0.29) is 11.7 Å². The molecule has 21 heavy (non-hydrogen) atoms. The molecule has 0 unspecified atom stereocenters. The maximum Gasteiger partial charge on any atom is 0.145 e. The fourth-order valence-corrected chi connectivity index (χ4v) is 3.07. The molecule has 2 heterocycles. The number of hydrogen-bond acceptors (Lipinski definition) is 6. The van der Waals surface area contributed by atoms with Crippen LogP contribution in [0.15, 0.2) is 29.7 Å². The Balaban J connectivity index is 1.83. The number of hydrogen-bond donors (Lipinski definition) is 0. The quantitative estimate of drug-likeness (QED) is 0.779. The summed E-state index contributed by atoms with van der Waals surface area (Å²) in [7, 11) is 3.94. The summed E-state index contributed by atoms with van der Waals surface area (Å²) >= 11 is 1.78. The van der Waals surface area contributed by atoms with Crippen molar-refractivity contribution in [1.82, 2.24) is 9.80 Å². The molecule has 1 saturated heterocycles. The van der Waals surface area contributed by atoms with Crippen molar-refractivity contribution in [1.29, 1.82) is 0 Å². The summed E-state index contributed by atoms with van der Waals surface area (Å²) < 4.78 is 11.7. The van der Waals surface area contributed by atoms with Crippen LogP contribution in [0.4, 0.5) is 0 Å². The number of likely N-dealkylation sites (N-methyl/N-ethyl adjacent to an activating group) is 1. The minimum Gasteiger partial charge on any atom is -0.378 e. The zero-order valence-electron chi connectivity index (χ0n) is 13.3. The van der Waals surface area contributed by atoms with Gasteiger partial charge in [-0.2, -0.15) is 0 Å². The van der Waals surface area contributed by atoms with Crippen LogP contribution in [-0.4, -0.2) is 60.4 Å². The fraction of sp³-hybridized carbons (Fsp3) is 0.667. The zero-order valence-corrected chi connectivity index (χ0v) is 14.1. The Morgan fingerprint density at radius 2 is 2.33 bits per heavy atom. The molecule has 0 bridgehead atoms. The summed E-state index contributed by atoms with van der Waals surface area (Å²) in [6, 6.07) is 0. The van der Waals surface area contributed by atoms with E-state index in [1.165, 1.54) is 0 Å². The van der Waals surface area contributed by atoms with Gasteiger partial charge in [0.25, 0.3) is 0 Å². The highest BCUT2D eigenvalue weighted by Crippen LogP contribution is 2.30. The Labute approximate surface area is 131 Å². The minimum absolute atomic E-state index is 0.0149. The molecule has 0 aliphatic carbocycles. The fourth-order valence-electron chi connectivity index (χ4n) is 2.05. The smallest absolute Gasteiger partial charge is 0.145 e. The summed E-state index contributed by atoms with van der Waals surface area (Å²) in [6.45, 7) is 9.73. The van der Waals surface area contributed by atoms with Crippen molar-refractivity contribution in [3.8, 4) is 0 Å². The summed E-state index contributed by atoms with van der Waals surface area (Å²) in [5.74, 6) is 3.07. The second kappa shape index (κ2) is 7.33. The molecule has 0 aromatic rings. The van der Waals surface area contributed by atoms with Gasteiger partial charge in [0.2, 0.25) is 0 Å². The standard InChI is InChI=1S/C15H25N3O2S/c1-11(2)8-19-9-15-20-14(10-21-15)18-7-6-13(17(4)5)16-12(18)3/h6-7,11,14-15H,3,8-10H2,1-2,4-5H3/t14-,15+/m1/s1. The Morgan fingerprint density at radius 1 is 1.57 bits per heavy atom. The van der Waals surface area contributed by atoms with Crippen molar-refractivity contribution in [2.45, 2.75) is 25.5 Å². The first kappa shape index (κ1) is 16.4. The van der Waals surface area contributed by atoms with Gasteiger partial charge in [-0.15, -0.1) is 11.8 Å². The van der Waals surface area contributed by atoms with Gasteiger partial charge in [-0.1, -0.05) is 20.4 Å². The van der Waals surface area contributed by atoms with Crippen LogP contribution in [0, 0.1) is 5.92 Å². The molecular weight excluding hydrogens is 286 g/mol. The molecule has 5 nitrogen and oxygen atoms in total. The van der Waals surface area contributed by atoms with E-state index < -0.39 is 0 Å². The minimum atomic E-state index is -0.0149. The average Bonchev–Trinajstić information content (AvgIpc) is 2.86. The molecule has 0 radical (unpaired) electrons. The maximum absolute atomic E-state index is 6.02. The van der Waals surface area contributed by atoms with Gasteiger partial charge in [0.1, 0.15) is 23.3 Å². The summed E-state index contributed by atoms with van der Waals surface area (Å²) in [5, 5.41) is 0. The second-order valence-electron chi connectivity index (χ2n) is 5.79. The maximum atomic E-state index is 6.02. The van der Waals surface area contributed by atoms with Crippen LogP contribution in [0.25, 0.3) is 0 Å². The molecule has 0 aromatic heterocycles. The molecule has 2 aliphatic rings. The predicted molar refractivity (Wildman–Crippen MR) is 88.0 cm³/mol. The number of aliphatic imine (C=N–C) groups is 1. The number of amidine groups is 1. The Morgan fingerprint density at radius 3 is 2.95 bits per heavy atom. The van der Waals surface area contributed by atoms with Gasteiger partial charge in [0, 0.05) is 32.7 Å². The van der Waals surface area contributed by atoms with Crippen LogP contribution >= 0.6 is 11.8 Å². The van der Waals surface area contributed by atoms with Crippen LogP contribution in [0.1, 0.15) is 13.8 Å². The lowest BCUT2D eigenvalue weighted by atomic mass is 10.2. The lowest BCUT2D eigenvalue weighted by Crippen LogP contribution is -2.35. The predicted octanol–water partition coefficient (Wildman–Crippen LogP) is 2.34. The van der Waals surface area contributed by atoms with E-state index in [9.17, 15) is 0 Å². The van der Waals surface area contributed by atoms with Crippen LogP contribution in [0.2, 0.25) is 0 Å². The van der Waals surface area contributed by atoms with Gasteiger partial charge >= 0.3 is 0 Å². The number of thioether (sulfide) groups is 1. The lowest BCUT2D eigenvalue weighted by molar-refractivity contribution is -0.0416. The van der Waals surface area contributed by atoms with Crippen LogP contribution in [-0.2, 0) is 9.47 Å². The van der Waals surface area contributed by atoms with Crippen LogP contribution in [0.5, 0.6) is 0 Å². The molecule has 1 fully saturated rings. The highest BCUT2D eigenvalue weighted by atomic mass is 32.2. The first-order chi connectivity index (χ1) is 9.97. The second-order valence-corrected chi connectivity index (χ2v) is 6.98. The van der Waals surface area contributed by atoms with Crippen molar-refractivity contribution >= 4 is 17.6 Å². The van der Waals surface area contributed by atoms with E-state index in [4.69, 9.17) is 9.47 Å². The SMILES string of the molecule is C=C1N=C(N(C)C)C=CN1[C@H]1CS[C@@H](COCC(C)C)O1. The third-order valence-electron chi connectivity index (χ3n) is 3.13. The molecule has 0 spiro atoms.